The first-order valence-electron chi connectivity index (χ1n) is 8.30. The highest BCUT2D eigenvalue weighted by Gasteiger charge is 2.15. The predicted molar refractivity (Wildman–Crippen MR) is 108 cm³/mol. The number of likely N-dealkylation sites (N-methyl/N-ethyl adjacent to an activating group) is 1. The zero-order valence-corrected chi connectivity index (χ0v) is 16.4. The Labute approximate surface area is 167 Å². The summed E-state index contributed by atoms with van der Waals surface area (Å²) in [4.78, 5) is 18.1. The number of rotatable bonds is 5. The van der Waals surface area contributed by atoms with Crippen LogP contribution in [-0.4, -0.2) is 32.6 Å². The van der Waals surface area contributed by atoms with Gasteiger partial charge in [0.1, 0.15) is 12.7 Å². The summed E-state index contributed by atoms with van der Waals surface area (Å²) in [6.07, 6.45) is 6.35. The predicted octanol–water partition coefficient (Wildman–Crippen LogP) is 4.81. The number of hydrogen-bond donors (Lipinski definition) is 0. The van der Waals surface area contributed by atoms with Crippen LogP contribution in [-0.2, 0) is 4.79 Å². The van der Waals surface area contributed by atoms with Gasteiger partial charge < -0.3 is 4.90 Å². The smallest absolute Gasteiger partial charge is 0.246 e. The molecule has 0 saturated carbocycles. The highest BCUT2D eigenvalue weighted by atomic mass is 35.5. The lowest BCUT2D eigenvalue weighted by Gasteiger charge is -2.24. The number of hydrogen-bond acceptors (Lipinski definition) is 3. The van der Waals surface area contributed by atoms with Gasteiger partial charge in [-0.3, -0.25) is 4.79 Å². The molecule has 7 heteroatoms. The van der Waals surface area contributed by atoms with Crippen molar-refractivity contribution in [2.45, 2.75) is 13.0 Å². The second-order valence-electron chi connectivity index (χ2n) is 6.09. The molecule has 0 bridgehead atoms. The van der Waals surface area contributed by atoms with E-state index in [2.05, 4.69) is 10.1 Å². The fraction of sp³-hybridized carbons (Fsp3) is 0.150. The highest BCUT2D eigenvalue weighted by Crippen LogP contribution is 2.22. The Morgan fingerprint density at radius 2 is 1.81 bits per heavy atom. The maximum Gasteiger partial charge on any atom is 0.246 e. The molecule has 5 nitrogen and oxygen atoms in total. The number of halogens is 2. The first-order valence-corrected chi connectivity index (χ1v) is 9.05. The molecule has 2 aromatic carbocycles. The number of nitrogens with zero attached hydrogens (tertiary/aromatic N) is 4. The molecule has 0 aliphatic carbocycles. The zero-order valence-electron chi connectivity index (χ0n) is 14.9. The molecule has 1 atom stereocenters. The Balaban J connectivity index is 1.69. The van der Waals surface area contributed by atoms with Crippen molar-refractivity contribution in [2.24, 2.45) is 0 Å². The van der Waals surface area contributed by atoms with Gasteiger partial charge >= 0.3 is 0 Å². The maximum absolute atomic E-state index is 12.5. The van der Waals surface area contributed by atoms with Crippen molar-refractivity contribution in [3.63, 3.8) is 0 Å². The Morgan fingerprint density at radius 1 is 1.15 bits per heavy atom. The highest BCUT2D eigenvalue weighted by molar-refractivity contribution is 6.34. The van der Waals surface area contributed by atoms with Crippen LogP contribution >= 0.6 is 23.2 Å². The van der Waals surface area contributed by atoms with Gasteiger partial charge in [-0.05, 0) is 54.5 Å². The molecule has 0 aliphatic heterocycles. The second kappa shape index (κ2) is 8.37. The number of carbonyl (C=O) groups excluding carboxylic acids is 1. The molecular formula is C20H18Cl2N4O. The van der Waals surface area contributed by atoms with Crippen LogP contribution in [0.4, 0.5) is 0 Å². The molecule has 0 radical (unpaired) electrons. The van der Waals surface area contributed by atoms with Crippen molar-refractivity contribution < 1.29 is 4.79 Å². The summed E-state index contributed by atoms with van der Waals surface area (Å²) in [7, 11) is 1.77. The summed E-state index contributed by atoms with van der Waals surface area (Å²) in [5, 5.41) is 5.17. The maximum atomic E-state index is 12.5. The van der Waals surface area contributed by atoms with E-state index < -0.39 is 0 Å². The van der Waals surface area contributed by atoms with Gasteiger partial charge in [-0.2, -0.15) is 5.10 Å². The van der Waals surface area contributed by atoms with Crippen molar-refractivity contribution >= 4 is 35.2 Å². The molecule has 138 valence electrons. The summed E-state index contributed by atoms with van der Waals surface area (Å²) in [5.41, 5.74) is 2.71. The second-order valence-corrected chi connectivity index (χ2v) is 6.97. The minimum absolute atomic E-state index is 0.0881. The average molecular weight is 401 g/mol. The van der Waals surface area contributed by atoms with Gasteiger partial charge in [0.15, 0.2) is 0 Å². The minimum atomic E-state index is -0.112. The number of carbonyl (C=O) groups is 1. The van der Waals surface area contributed by atoms with E-state index in [1.165, 1.54) is 12.4 Å². The molecular weight excluding hydrogens is 383 g/mol. The van der Waals surface area contributed by atoms with E-state index in [0.717, 1.165) is 16.8 Å². The monoisotopic (exact) mass is 400 g/mol. The van der Waals surface area contributed by atoms with Crippen molar-refractivity contribution in [3.8, 4) is 5.69 Å². The molecule has 0 fully saturated rings. The molecule has 3 aromatic rings. The van der Waals surface area contributed by atoms with Gasteiger partial charge in [0.25, 0.3) is 0 Å². The normalized spacial score (nSPS) is 12.3. The third kappa shape index (κ3) is 4.76. The largest absolute Gasteiger partial charge is 0.335 e. The average Bonchev–Trinajstić information content (AvgIpc) is 3.19. The Hall–Kier alpha value is -2.63. The molecule has 0 N–H and O–H groups in total. The van der Waals surface area contributed by atoms with E-state index in [0.29, 0.717) is 10.0 Å². The quantitative estimate of drug-likeness (QED) is 0.577. The topological polar surface area (TPSA) is 51.0 Å². The Morgan fingerprint density at radius 3 is 2.41 bits per heavy atom. The van der Waals surface area contributed by atoms with Crippen LogP contribution in [0.25, 0.3) is 11.8 Å². The fourth-order valence-corrected chi connectivity index (χ4v) is 3.16. The molecule has 27 heavy (non-hydrogen) atoms. The van der Waals surface area contributed by atoms with E-state index in [9.17, 15) is 4.79 Å². The molecule has 0 saturated heterocycles. The molecule has 0 spiro atoms. The van der Waals surface area contributed by atoms with E-state index >= 15 is 0 Å². The standard InChI is InChI=1S/C20H18Cl2N4O/c1-14(16-4-6-19(7-5-16)26-13-23-12-24-26)25(2)20(27)8-3-15-9-17(21)11-18(22)10-15/h3-14H,1-2H3/b8-3+. The Bertz CT molecular complexity index is 932. The van der Waals surface area contributed by atoms with Crippen LogP contribution < -0.4 is 0 Å². The number of amides is 1. The summed E-state index contributed by atoms with van der Waals surface area (Å²) in [5.74, 6) is -0.112. The minimum Gasteiger partial charge on any atom is -0.335 e. The molecule has 1 aromatic heterocycles. The SMILES string of the molecule is CC(c1ccc(-n2cncn2)cc1)N(C)C(=O)/C=C/c1cc(Cl)cc(Cl)c1. The fourth-order valence-electron chi connectivity index (χ4n) is 2.62. The molecule has 0 aliphatic rings. The van der Waals surface area contributed by atoms with Crippen LogP contribution in [0.2, 0.25) is 10.0 Å². The van der Waals surface area contributed by atoms with Crippen LogP contribution in [0.1, 0.15) is 24.1 Å². The first-order chi connectivity index (χ1) is 12.9. The molecule has 1 unspecified atom stereocenters. The summed E-state index contributed by atoms with van der Waals surface area (Å²) in [6, 6.07) is 12.9. The first kappa shape index (κ1) is 19.1. The van der Waals surface area contributed by atoms with Crippen LogP contribution in [0.3, 0.4) is 0 Å². The van der Waals surface area contributed by atoms with Crippen LogP contribution in [0.5, 0.6) is 0 Å². The lowest BCUT2D eigenvalue weighted by atomic mass is 10.1. The van der Waals surface area contributed by atoms with E-state index in [1.54, 1.807) is 47.2 Å². The van der Waals surface area contributed by atoms with Gasteiger partial charge in [0, 0.05) is 23.2 Å². The van der Waals surface area contributed by atoms with Gasteiger partial charge in [-0.15, -0.1) is 0 Å². The van der Waals surface area contributed by atoms with Gasteiger partial charge in [-0.25, -0.2) is 9.67 Å². The molecule has 3 rings (SSSR count). The van der Waals surface area contributed by atoms with Crippen molar-refractivity contribution in [2.75, 3.05) is 7.05 Å². The third-order valence-electron chi connectivity index (χ3n) is 4.29. The van der Waals surface area contributed by atoms with E-state index in [1.807, 2.05) is 31.2 Å². The summed E-state index contributed by atoms with van der Waals surface area (Å²) >= 11 is 12.0. The molecule has 1 amide bonds. The van der Waals surface area contributed by atoms with Crippen molar-refractivity contribution in [3.05, 3.63) is 82.4 Å². The van der Waals surface area contributed by atoms with E-state index in [4.69, 9.17) is 23.2 Å². The van der Waals surface area contributed by atoms with Crippen molar-refractivity contribution in [1.82, 2.24) is 19.7 Å². The molecule has 1 heterocycles. The lowest BCUT2D eigenvalue weighted by Crippen LogP contribution is -2.27. The summed E-state index contributed by atoms with van der Waals surface area (Å²) in [6.45, 7) is 1.98. The van der Waals surface area contributed by atoms with Crippen molar-refractivity contribution in [1.29, 1.82) is 0 Å². The number of benzene rings is 2. The van der Waals surface area contributed by atoms with Crippen LogP contribution in [0.15, 0.2) is 61.2 Å². The third-order valence-corrected chi connectivity index (χ3v) is 4.73. The van der Waals surface area contributed by atoms with Crippen LogP contribution in [0, 0.1) is 0 Å². The number of aromatic nitrogens is 3. The zero-order chi connectivity index (χ0) is 19.4. The van der Waals surface area contributed by atoms with Gasteiger partial charge in [0.05, 0.1) is 11.7 Å². The van der Waals surface area contributed by atoms with E-state index in [-0.39, 0.29) is 11.9 Å². The summed E-state index contributed by atoms with van der Waals surface area (Å²) < 4.78 is 1.68. The lowest BCUT2D eigenvalue weighted by molar-refractivity contribution is -0.126. The van der Waals surface area contributed by atoms with Gasteiger partial charge in [-0.1, -0.05) is 35.3 Å². The Kier molecular flexibility index (Phi) is 5.94. The van der Waals surface area contributed by atoms with Gasteiger partial charge in [0.2, 0.25) is 5.91 Å².